The highest BCUT2D eigenvalue weighted by molar-refractivity contribution is 6.18. The van der Waals surface area contributed by atoms with Crippen molar-refractivity contribution >= 4 is 17.6 Å². The van der Waals surface area contributed by atoms with Crippen LogP contribution in [0.25, 0.3) is 0 Å². The predicted molar refractivity (Wildman–Crippen MR) is 117 cm³/mol. The van der Waals surface area contributed by atoms with Gasteiger partial charge in [-0.25, -0.2) is 4.79 Å². The van der Waals surface area contributed by atoms with Crippen molar-refractivity contribution in [2.75, 3.05) is 32.2 Å². The zero-order valence-electron chi connectivity index (χ0n) is 18.7. The number of ether oxygens (including phenoxy) is 3. The maximum Gasteiger partial charge on any atom is 0.345 e. The van der Waals surface area contributed by atoms with Crippen molar-refractivity contribution in [3.63, 3.8) is 0 Å². The second-order valence-corrected chi connectivity index (χ2v) is 8.35. The number of hydrogen-bond donors (Lipinski definition) is 7. The number of aliphatic hydroxyl groups excluding tert-OH is 7. The van der Waals surface area contributed by atoms with Crippen molar-refractivity contribution in [1.82, 2.24) is 9.91 Å². The Kier molecular flexibility index (Phi) is 11.6. The van der Waals surface area contributed by atoms with E-state index in [0.717, 1.165) is 4.90 Å². The highest BCUT2D eigenvalue weighted by atomic mass is 35.5. The van der Waals surface area contributed by atoms with Gasteiger partial charge in [0.25, 0.3) is 0 Å². The van der Waals surface area contributed by atoms with Gasteiger partial charge in [0.05, 0.1) is 25.0 Å². The van der Waals surface area contributed by atoms with E-state index in [0.29, 0.717) is 5.01 Å². The van der Waals surface area contributed by atoms with E-state index in [1.807, 2.05) is 0 Å². The summed E-state index contributed by atoms with van der Waals surface area (Å²) < 4.78 is 16.4. The van der Waals surface area contributed by atoms with Crippen molar-refractivity contribution < 1.29 is 54.8 Å². The van der Waals surface area contributed by atoms with E-state index in [1.165, 1.54) is 6.08 Å². The number of halogens is 1. The third-order valence-electron chi connectivity index (χ3n) is 5.72. The van der Waals surface area contributed by atoms with Gasteiger partial charge in [-0.1, -0.05) is 6.08 Å². The van der Waals surface area contributed by atoms with Crippen molar-refractivity contribution in [1.29, 1.82) is 0 Å². The van der Waals surface area contributed by atoms with Gasteiger partial charge in [-0.15, -0.1) is 23.1 Å². The van der Waals surface area contributed by atoms with E-state index in [2.05, 4.69) is 11.9 Å². The first-order valence-electron chi connectivity index (χ1n) is 10.8. The molecule has 202 valence electrons. The van der Waals surface area contributed by atoms with Gasteiger partial charge in [0, 0.05) is 12.4 Å². The van der Waals surface area contributed by atoms with Crippen LogP contribution >= 0.6 is 11.6 Å². The SMILES string of the molecule is C=CCCN(C(=O)N(CCCl)N=O)C1O[C@H](CO)[C@@H](O[C@H]2O[C@H](CO)[C@@H](O)[C@H](O)[C@H]2O)[C@H](O)[C@H]1O. The summed E-state index contributed by atoms with van der Waals surface area (Å²) in [5.41, 5.74) is 0. The average Bonchev–Trinajstić information content (AvgIpc) is 2.86. The maximum atomic E-state index is 12.9. The zero-order chi connectivity index (χ0) is 26.3. The number of rotatable bonds is 11. The minimum Gasteiger partial charge on any atom is -0.394 e. The summed E-state index contributed by atoms with van der Waals surface area (Å²) >= 11 is 5.60. The van der Waals surface area contributed by atoms with Crippen LogP contribution in [-0.4, -0.2) is 145 Å². The predicted octanol–water partition coefficient (Wildman–Crippen LogP) is -3.17. The fraction of sp³-hybridized carbons (Fsp3) is 0.842. The molecule has 0 spiro atoms. The molecular formula is C19H32ClN3O12. The molecule has 2 saturated heterocycles. The number of hydrogen-bond acceptors (Lipinski definition) is 13. The lowest BCUT2D eigenvalue weighted by Crippen LogP contribution is -2.67. The summed E-state index contributed by atoms with van der Waals surface area (Å²) in [5.74, 6) is -0.113. The van der Waals surface area contributed by atoms with Crippen molar-refractivity contribution in [3.05, 3.63) is 17.6 Å². The number of carbonyl (C=O) groups excluding carboxylic acids is 1. The van der Waals surface area contributed by atoms with Gasteiger partial charge in [-0.3, -0.25) is 4.90 Å². The Morgan fingerprint density at radius 2 is 1.63 bits per heavy atom. The third-order valence-corrected chi connectivity index (χ3v) is 5.89. The summed E-state index contributed by atoms with van der Waals surface area (Å²) in [6.45, 7) is 1.68. The lowest BCUT2D eigenvalue weighted by Gasteiger charge is -2.48. The molecule has 15 nitrogen and oxygen atoms in total. The first-order valence-corrected chi connectivity index (χ1v) is 11.4. The third kappa shape index (κ3) is 6.64. The molecule has 0 aromatic carbocycles. The largest absolute Gasteiger partial charge is 0.394 e. The van der Waals surface area contributed by atoms with Crippen LogP contribution in [0, 0.1) is 4.91 Å². The number of aliphatic hydroxyl groups is 7. The minimum absolute atomic E-state index is 0.110. The molecular weight excluding hydrogens is 498 g/mol. The van der Waals surface area contributed by atoms with Crippen LogP contribution in [0.5, 0.6) is 0 Å². The zero-order valence-corrected chi connectivity index (χ0v) is 19.4. The summed E-state index contributed by atoms with van der Waals surface area (Å²) in [4.78, 5) is 24.9. The molecule has 2 fully saturated rings. The topological polar surface area (TPSA) is 222 Å². The summed E-state index contributed by atoms with van der Waals surface area (Å²) in [5, 5.41) is 73.9. The lowest BCUT2D eigenvalue weighted by atomic mass is 9.96. The van der Waals surface area contributed by atoms with Crippen LogP contribution < -0.4 is 0 Å². The second kappa shape index (κ2) is 13.7. The molecule has 0 aromatic heterocycles. The molecule has 35 heavy (non-hydrogen) atoms. The number of amides is 2. The first kappa shape index (κ1) is 29.7. The van der Waals surface area contributed by atoms with Gasteiger partial charge < -0.3 is 50.0 Å². The van der Waals surface area contributed by atoms with Gasteiger partial charge in [-0.2, -0.15) is 5.01 Å². The first-order chi connectivity index (χ1) is 16.7. The smallest absolute Gasteiger partial charge is 0.345 e. The van der Waals surface area contributed by atoms with E-state index in [4.69, 9.17) is 25.8 Å². The minimum atomic E-state index is -1.84. The molecule has 0 saturated carbocycles. The molecule has 16 heteroatoms. The molecule has 0 radical (unpaired) electrons. The molecule has 10 atom stereocenters. The Morgan fingerprint density at radius 3 is 2.17 bits per heavy atom. The molecule has 0 aliphatic carbocycles. The molecule has 7 N–H and O–H groups in total. The fourth-order valence-corrected chi connectivity index (χ4v) is 3.95. The van der Waals surface area contributed by atoms with Crippen LogP contribution in [0.15, 0.2) is 17.9 Å². The van der Waals surface area contributed by atoms with Crippen molar-refractivity contribution in [2.45, 2.75) is 67.8 Å². The van der Waals surface area contributed by atoms with Gasteiger partial charge >= 0.3 is 6.03 Å². The lowest BCUT2D eigenvalue weighted by molar-refractivity contribution is -0.347. The number of urea groups is 1. The van der Waals surface area contributed by atoms with Crippen LogP contribution in [0.1, 0.15) is 6.42 Å². The quantitative estimate of drug-likeness (QED) is 0.0609. The summed E-state index contributed by atoms with van der Waals surface area (Å²) in [6, 6.07) is -0.983. The monoisotopic (exact) mass is 529 g/mol. The molecule has 2 amide bonds. The van der Waals surface area contributed by atoms with Crippen LogP contribution in [0.4, 0.5) is 4.79 Å². The molecule has 2 rings (SSSR count). The summed E-state index contributed by atoms with van der Waals surface area (Å²) in [6.07, 6.45) is -14.8. The average molecular weight is 530 g/mol. The number of carbonyl (C=O) groups is 1. The molecule has 1 unspecified atom stereocenters. The molecule has 2 aliphatic heterocycles. The highest BCUT2D eigenvalue weighted by Crippen LogP contribution is 2.30. The number of nitroso groups, excluding NO2 is 1. The Morgan fingerprint density at radius 1 is 0.971 bits per heavy atom. The van der Waals surface area contributed by atoms with E-state index < -0.39 is 80.6 Å². The van der Waals surface area contributed by atoms with E-state index in [1.54, 1.807) is 0 Å². The highest BCUT2D eigenvalue weighted by Gasteiger charge is 2.52. The Hall–Kier alpha value is -1.50. The van der Waals surface area contributed by atoms with Gasteiger partial charge in [0.2, 0.25) is 0 Å². The van der Waals surface area contributed by atoms with Crippen molar-refractivity contribution in [3.8, 4) is 0 Å². The van der Waals surface area contributed by atoms with E-state index in [9.17, 15) is 45.4 Å². The normalized spacial score (nSPS) is 37.5. The molecule has 2 heterocycles. The van der Waals surface area contributed by atoms with E-state index in [-0.39, 0.29) is 25.4 Å². The molecule has 2 aliphatic rings. The Bertz CT molecular complexity index is 704. The molecule has 0 bridgehead atoms. The standard InChI is InChI=1S/C19H32ClN3O12/c1-2-3-5-22(19(31)23(21-32)6-4-20)17-14(29)13(28)16(10(8-25)33-17)35-18-15(30)12(27)11(26)9(7-24)34-18/h2,9-18,24-30H,1,3-8H2/t9-,10-,11-,12+,13-,14-,15-,16-,17?,18-/m1/s1. The van der Waals surface area contributed by atoms with Crippen LogP contribution in [0.3, 0.4) is 0 Å². The van der Waals surface area contributed by atoms with Gasteiger partial charge in [0.1, 0.15) is 48.8 Å². The van der Waals surface area contributed by atoms with Gasteiger partial charge in [-0.05, 0) is 6.42 Å². The maximum absolute atomic E-state index is 12.9. The van der Waals surface area contributed by atoms with Crippen LogP contribution in [-0.2, 0) is 14.2 Å². The van der Waals surface area contributed by atoms with Crippen molar-refractivity contribution in [2.24, 2.45) is 5.29 Å². The Labute approximate surface area is 205 Å². The fourth-order valence-electron chi connectivity index (χ4n) is 3.79. The summed E-state index contributed by atoms with van der Waals surface area (Å²) in [7, 11) is 0. The van der Waals surface area contributed by atoms with Crippen LogP contribution in [0.2, 0.25) is 0 Å². The number of alkyl halides is 1. The van der Waals surface area contributed by atoms with Gasteiger partial charge in [0.15, 0.2) is 12.5 Å². The Balaban J connectivity index is 2.26. The molecule has 0 aromatic rings. The van der Waals surface area contributed by atoms with E-state index >= 15 is 0 Å². The number of nitrogens with zero attached hydrogens (tertiary/aromatic N) is 3. The second-order valence-electron chi connectivity index (χ2n) is 7.97.